The third-order valence-corrected chi connectivity index (χ3v) is 5.42. The predicted octanol–water partition coefficient (Wildman–Crippen LogP) is 4.32. The van der Waals surface area contributed by atoms with Crippen molar-refractivity contribution in [1.29, 1.82) is 0 Å². The zero-order chi connectivity index (χ0) is 18.9. The number of hydrogen-bond acceptors (Lipinski definition) is 3. The highest BCUT2D eigenvalue weighted by molar-refractivity contribution is 8.01. The van der Waals surface area contributed by atoms with Gasteiger partial charge >= 0.3 is 5.97 Å². The maximum absolute atomic E-state index is 12.1. The molecule has 0 aliphatic carbocycles. The van der Waals surface area contributed by atoms with Gasteiger partial charge in [0.25, 0.3) is 0 Å². The highest BCUT2D eigenvalue weighted by Gasteiger charge is 2.19. The van der Waals surface area contributed by atoms with E-state index in [4.69, 9.17) is 0 Å². The summed E-state index contributed by atoms with van der Waals surface area (Å²) in [6.07, 6.45) is 2.14. The smallest absolute Gasteiger partial charge is 0.316 e. The van der Waals surface area contributed by atoms with Crippen molar-refractivity contribution in [3.63, 3.8) is 0 Å². The number of benzene rings is 2. The van der Waals surface area contributed by atoms with Crippen LogP contribution < -0.4 is 5.32 Å². The molecule has 138 valence electrons. The molecule has 0 heterocycles. The molecule has 4 nitrogen and oxygen atoms in total. The monoisotopic (exact) mass is 371 g/mol. The van der Waals surface area contributed by atoms with Crippen LogP contribution in [0.4, 0.5) is 5.69 Å². The minimum absolute atomic E-state index is 0.125. The largest absolute Gasteiger partial charge is 0.480 e. The van der Waals surface area contributed by atoms with Gasteiger partial charge in [0.05, 0.1) is 5.75 Å². The third-order valence-electron chi connectivity index (χ3n) is 4.15. The molecule has 0 fully saturated rings. The lowest BCUT2D eigenvalue weighted by Gasteiger charge is -2.12. The van der Waals surface area contributed by atoms with Crippen LogP contribution in [0.5, 0.6) is 0 Å². The highest BCUT2D eigenvalue weighted by atomic mass is 32.2. The van der Waals surface area contributed by atoms with Crippen molar-refractivity contribution in [2.45, 2.75) is 38.4 Å². The van der Waals surface area contributed by atoms with Gasteiger partial charge in [0.15, 0.2) is 0 Å². The van der Waals surface area contributed by atoms with Gasteiger partial charge in [0.2, 0.25) is 5.91 Å². The SMILES string of the molecule is CCc1ccc(NC(=O)CSC(CCc2ccc(C)cc2)C(=O)O)cc1. The molecule has 2 aromatic carbocycles. The summed E-state index contributed by atoms with van der Waals surface area (Å²) in [6, 6.07) is 15.8. The van der Waals surface area contributed by atoms with Crippen LogP contribution in [0, 0.1) is 6.92 Å². The maximum Gasteiger partial charge on any atom is 0.316 e. The lowest BCUT2D eigenvalue weighted by atomic mass is 10.1. The van der Waals surface area contributed by atoms with Gasteiger partial charge in [-0.2, -0.15) is 0 Å². The summed E-state index contributed by atoms with van der Waals surface area (Å²) in [7, 11) is 0. The quantitative estimate of drug-likeness (QED) is 0.689. The van der Waals surface area contributed by atoms with Gasteiger partial charge in [-0.25, -0.2) is 0 Å². The molecule has 0 aromatic heterocycles. The molecule has 2 rings (SSSR count). The molecular formula is C21H25NO3S. The van der Waals surface area contributed by atoms with E-state index in [1.165, 1.54) is 22.9 Å². The first-order valence-corrected chi connectivity index (χ1v) is 9.81. The number of hydrogen-bond donors (Lipinski definition) is 2. The molecule has 0 saturated carbocycles. The van der Waals surface area contributed by atoms with Gasteiger partial charge in [-0.3, -0.25) is 9.59 Å². The zero-order valence-corrected chi connectivity index (χ0v) is 16.0. The van der Waals surface area contributed by atoms with Crippen LogP contribution in [-0.4, -0.2) is 28.0 Å². The van der Waals surface area contributed by atoms with Crippen molar-refractivity contribution < 1.29 is 14.7 Å². The molecule has 5 heteroatoms. The van der Waals surface area contributed by atoms with Crippen LogP contribution in [0.25, 0.3) is 0 Å². The fourth-order valence-corrected chi connectivity index (χ4v) is 3.38. The second-order valence-electron chi connectivity index (χ2n) is 6.26. The van der Waals surface area contributed by atoms with E-state index in [1.54, 1.807) is 0 Å². The number of carbonyl (C=O) groups is 2. The first-order valence-electron chi connectivity index (χ1n) is 8.76. The van der Waals surface area contributed by atoms with Gasteiger partial charge in [0, 0.05) is 5.69 Å². The minimum Gasteiger partial charge on any atom is -0.480 e. The van der Waals surface area contributed by atoms with Crippen LogP contribution in [0.15, 0.2) is 48.5 Å². The standard InChI is InChI=1S/C21H25NO3S/c1-3-16-8-11-18(12-9-16)22-20(23)14-26-19(21(24)25)13-10-17-6-4-15(2)5-7-17/h4-9,11-12,19H,3,10,13-14H2,1-2H3,(H,22,23)(H,24,25). The molecule has 1 atom stereocenters. The van der Waals surface area contributed by atoms with Crippen molar-refractivity contribution in [3.8, 4) is 0 Å². The van der Waals surface area contributed by atoms with Gasteiger partial charge in [-0.15, -0.1) is 11.8 Å². The maximum atomic E-state index is 12.1. The van der Waals surface area contributed by atoms with E-state index >= 15 is 0 Å². The fourth-order valence-electron chi connectivity index (χ4n) is 2.53. The fraction of sp³-hybridized carbons (Fsp3) is 0.333. The van der Waals surface area contributed by atoms with E-state index in [0.717, 1.165) is 17.7 Å². The Labute approximate surface area is 159 Å². The number of carbonyl (C=O) groups excluding carboxylic acids is 1. The Hall–Kier alpha value is -2.27. The molecular weight excluding hydrogens is 346 g/mol. The van der Waals surface area contributed by atoms with Gasteiger partial charge in [-0.05, 0) is 49.4 Å². The Morgan fingerprint density at radius 2 is 1.65 bits per heavy atom. The van der Waals surface area contributed by atoms with Gasteiger partial charge in [0.1, 0.15) is 5.25 Å². The van der Waals surface area contributed by atoms with Crippen LogP contribution in [0.1, 0.15) is 30.0 Å². The Morgan fingerprint density at radius 3 is 2.23 bits per heavy atom. The number of aryl methyl sites for hydroxylation is 3. The molecule has 1 unspecified atom stereocenters. The molecule has 2 N–H and O–H groups in total. The summed E-state index contributed by atoms with van der Waals surface area (Å²) in [5.41, 5.74) is 4.24. The normalized spacial score (nSPS) is 11.8. The van der Waals surface area contributed by atoms with E-state index in [0.29, 0.717) is 12.8 Å². The second-order valence-corrected chi connectivity index (χ2v) is 7.45. The number of thioether (sulfide) groups is 1. The summed E-state index contributed by atoms with van der Waals surface area (Å²) in [5.74, 6) is -0.927. The van der Waals surface area contributed by atoms with E-state index in [9.17, 15) is 14.7 Å². The van der Waals surface area contributed by atoms with Crippen molar-refractivity contribution in [3.05, 3.63) is 65.2 Å². The summed E-state index contributed by atoms with van der Waals surface area (Å²) in [5, 5.41) is 11.6. The number of carboxylic acids is 1. The average Bonchev–Trinajstić information content (AvgIpc) is 2.63. The number of amides is 1. The Kier molecular flexibility index (Phi) is 7.73. The highest BCUT2D eigenvalue weighted by Crippen LogP contribution is 2.19. The van der Waals surface area contributed by atoms with E-state index < -0.39 is 11.2 Å². The van der Waals surface area contributed by atoms with Crippen LogP contribution >= 0.6 is 11.8 Å². The predicted molar refractivity (Wildman–Crippen MR) is 108 cm³/mol. The van der Waals surface area contributed by atoms with Crippen molar-refractivity contribution >= 4 is 29.3 Å². The molecule has 2 aromatic rings. The van der Waals surface area contributed by atoms with E-state index in [2.05, 4.69) is 12.2 Å². The zero-order valence-electron chi connectivity index (χ0n) is 15.2. The lowest BCUT2D eigenvalue weighted by Crippen LogP contribution is -2.22. The lowest BCUT2D eigenvalue weighted by molar-refractivity contribution is -0.136. The van der Waals surface area contributed by atoms with Crippen molar-refractivity contribution in [2.24, 2.45) is 0 Å². The van der Waals surface area contributed by atoms with Gasteiger partial charge < -0.3 is 10.4 Å². The Bertz CT molecular complexity index is 726. The number of rotatable bonds is 9. The molecule has 1 amide bonds. The molecule has 0 aliphatic rings. The second kappa shape index (κ2) is 10.0. The van der Waals surface area contributed by atoms with Crippen LogP contribution in [0.2, 0.25) is 0 Å². The summed E-state index contributed by atoms with van der Waals surface area (Å²) >= 11 is 1.18. The molecule has 0 aliphatic heterocycles. The molecule has 0 bridgehead atoms. The molecule has 26 heavy (non-hydrogen) atoms. The van der Waals surface area contributed by atoms with Crippen molar-refractivity contribution in [1.82, 2.24) is 0 Å². The first kappa shape index (κ1) is 20.0. The Balaban J connectivity index is 1.81. The van der Waals surface area contributed by atoms with Crippen LogP contribution in [0.3, 0.4) is 0 Å². The van der Waals surface area contributed by atoms with Crippen LogP contribution in [-0.2, 0) is 22.4 Å². The Morgan fingerprint density at radius 1 is 1.04 bits per heavy atom. The topological polar surface area (TPSA) is 66.4 Å². The summed E-state index contributed by atoms with van der Waals surface area (Å²) < 4.78 is 0. The van der Waals surface area contributed by atoms with Gasteiger partial charge in [-0.1, -0.05) is 48.9 Å². The van der Waals surface area contributed by atoms with Crippen molar-refractivity contribution in [2.75, 3.05) is 11.1 Å². The number of nitrogens with one attached hydrogen (secondary N) is 1. The summed E-state index contributed by atoms with van der Waals surface area (Å²) in [6.45, 7) is 4.10. The average molecular weight is 372 g/mol. The molecule has 0 saturated heterocycles. The molecule has 0 spiro atoms. The number of anilines is 1. The van der Waals surface area contributed by atoms with E-state index in [1.807, 2.05) is 55.5 Å². The van der Waals surface area contributed by atoms with E-state index in [-0.39, 0.29) is 11.7 Å². The summed E-state index contributed by atoms with van der Waals surface area (Å²) in [4.78, 5) is 23.5. The third kappa shape index (κ3) is 6.56. The first-order chi connectivity index (χ1) is 12.5. The minimum atomic E-state index is -0.873. The number of carboxylic acid groups (broad SMARTS) is 1. The number of aliphatic carboxylic acids is 1. The molecule has 0 radical (unpaired) electrons.